The molecule has 14 nitrogen and oxygen atoms in total. The summed E-state index contributed by atoms with van der Waals surface area (Å²) < 4.78 is 20.7. The molecule has 0 aromatic heterocycles. The third kappa shape index (κ3) is 5.38. The molecule has 9 N–H and O–H groups in total. The van der Waals surface area contributed by atoms with Crippen LogP contribution in [0.5, 0.6) is 11.5 Å². The van der Waals surface area contributed by atoms with Crippen LogP contribution in [0.4, 0.5) is 0 Å². The highest BCUT2D eigenvalue weighted by Gasteiger charge is 2.49. The molecular formula is C24H25O14+. The van der Waals surface area contributed by atoms with Gasteiger partial charge in [-0.05, 0) is 12.1 Å². The van der Waals surface area contributed by atoms with Crippen LogP contribution in [0, 0.1) is 0 Å². The summed E-state index contributed by atoms with van der Waals surface area (Å²) in [6.45, 7) is -0.792. The second-order valence-corrected chi connectivity index (χ2v) is 8.56. The monoisotopic (exact) mass is 537 g/mol. The van der Waals surface area contributed by atoms with Crippen LogP contribution in [0.25, 0.3) is 5.76 Å². The molecule has 2 aliphatic heterocycles. The van der Waals surface area contributed by atoms with E-state index >= 15 is 0 Å². The van der Waals surface area contributed by atoms with E-state index in [2.05, 4.69) is 4.74 Å². The van der Waals surface area contributed by atoms with Crippen LogP contribution in [0.15, 0.2) is 59.3 Å². The standard InChI is InChI=1S/C24H24O14/c25-8-17-20(33)23(38-19(32)7-18(30)31)21(34)24(37-17)36-16-6-11-13(28)4-10(26)5-15(11)35-22(16)9-1-2-12(27)14(29)3-9/h1-6,15,17,20-21,23-29,33-34H,7-8H2,(H,30,31)/p+1. The molecule has 4 rings (SSSR count). The summed E-state index contributed by atoms with van der Waals surface area (Å²) in [6.07, 6.45) is -6.74. The molecule has 0 spiro atoms. The van der Waals surface area contributed by atoms with Crippen molar-refractivity contribution in [2.75, 3.05) is 6.61 Å². The molecule has 1 fully saturated rings. The number of aliphatic hydroxyl groups is 7. The molecular weight excluding hydrogens is 512 g/mol. The normalized spacial score (nSPS) is 28.8. The molecule has 1 saturated heterocycles. The highest BCUT2D eigenvalue weighted by molar-refractivity contribution is 5.90. The van der Waals surface area contributed by atoms with Crippen LogP contribution in [0.3, 0.4) is 0 Å². The fraction of sp³-hybridized carbons (Fsp3) is 0.333. The van der Waals surface area contributed by atoms with E-state index < -0.39 is 73.3 Å². The number of aromatic hydroxyl groups is 2. The van der Waals surface area contributed by atoms with Gasteiger partial charge < -0.3 is 59.8 Å². The van der Waals surface area contributed by atoms with Crippen molar-refractivity contribution in [2.24, 2.45) is 0 Å². The van der Waals surface area contributed by atoms with Crippen LogP contribution in [0.1, 0.15) is 12.0 Å². The molecule has 0 radical (unpaired) electrons. The van der Waals surface area contributed by atoms with Crippen molar-refractivity contribution in [1.82, 2.24) is 0 Å². The Balaban J connectivity index is 1.71. The fourth-order valence-electron chi connectivity index (χ4n) is 4.06. The Morgan fingerprint density at radius 1 is 1.03 bits per heavy atom. The lowest BCUT2D eigenvalue weighted by Gasteiger charge is -2.41. The summed E-state index contributed by atoms with van der Waals surface area (Å²) >= 11 is 0. The quantitative estimate of drug-likeness (QED) is 0.0934. The van der Waals surface area contributed by atoms with Crippen LogP contribution in [-0.2, 0) is 23.8 Å². The number of phenolic OH excluding ortho intramolecular Hbond substituents is 2. The predicted molar refractivity (Wildman–Crippen MR) is 123 cm³/mol. The van der Waals surface area contributed by atoms with Gasteiger partial charge in [-0.2, -0.15) is 0 Å². The number of carboxylic acids is 1. The summed E-state index contributed by atoms with van der Waals surface area (Å²) in [4.78, 5) is 22.7. The number of carbonyl (C=O) groups is 2. The first-order chi connectivity index (χ1) is 18.0. The molecule has 3 aliphatic rings. The Morgan fingerprint density at radius 2 is 1.76 bits per heavy atom. The first kappa shape index (κ1) is 26.8. The van der Waals surface area contributed by atoms with E-state index in [4.69, 9.17) is 19.3 Å². The minimum Gasteiger partial charge on any atom is -0.571 e. The molecule has 6 unspecified atom stereocenters. The van der Waals surface area contributed by atoms with Gasteiger partial charge in [-0.25, -0.2) is 0 Å². The number of phenols is 2. The third-order valence-electron chi connectivity index (χ3n) is 5.89. The van der Waals surface area contributed by atoms with Crippen LogP contribution in [-0.4, -0.2) is 101 Å². The largest absolute Gasteiger partial charge is 0.571 e. The smallest absolute Gasteiger partial charge is 0.317 e. The minimum absolute atomic E-state index is 0.0229. The molecule has 0 amide bonds. The number of aliphatic carboxylic acids is 1. The zero-order valence-electron chi connectivity index (χ0n) is 19.4. The maximum atomic E-state index is 11.9. The third-order valence-corrected chi connectivity index (χ3v) is 5.89. The number of fused-ring (bicyclic) bond motifs is 1. The molecule has 14 heteroatoms. The predicted octanol–water partition coefficient (Wildman–Crippen LogP) is -0.658. The van der Waals surface area contributed by atoms with Crippen LogP contribution < -0.4 is 0 Å². The minimum atomic E-state index is -1.89. The van der Waals surface area contributed by atoms with Crippen molar-refractivity contribution >= 4 is 17.7 Å². The number of esters is 1. The molecule has 6 atom stereocenters. The molecule has 204 valence electrons. The lowest BCUT2D eigenvalue weighted by atomic mass is 9.96. The molecule has 38 heavy (non-hydrogen) atoms. The van der Waals surface area contributed by atoms with E-state index in [1.54, 1.807) is 0 Å². The van der Waals surface area contributed by atoms with E-state index in [9.17, 15) is 45.3 Å². The lowest BCUT2D eigenvalue weighted by molar-refractivity contribution is -0.293. The molecule has 2 heterocycles. The maximum Gasteiger partial charge on any atom is 0.317 e. The second kappa shape index (κ2) is 10.6. The highest BCUT2D eigenvalue weighted by Crippen LogP contribution is 2.38. The first-order valence-electron chi connectivity index (χ1n) is 11.2. The molecule has 0 saturated carbocycles. The summed E-state index contributed by atoms with van der Waals surface area (Å²) in [5.74, 6) is -4.42. The highest BCUT2D eigenvalue weighted by atomic mass is 16.7. The molecule has 1 aromatic carbocycles. The Labute approximate surface area is 213 Å². The molecule has 0 bridgehead atoms. The number of hydrogen-bond acceptors (Lipinski definition) is 12. The lowest BCUT2D eigenvalue weighted by Crippen LogP contribution is -2.60. The number of benzene rings is 1. The summed E-state index contributed by atoms with van der Waals surface area (Å²) in [5.41, 5.74) is 0.388. The number of allylic oxidation sites excluding steroid dienone is 2. The maximum absolute atomic E-state index is 11.9. The van der Waals surface area contributed by atoms with Crippen molar-refractivity contribution in [3.05, 3.63) is 64.8 Å². The van der Waals surface area contributed by atoms with Crippen molar-refractivity contribution in [3.8, 4) is 11.5 Å². The number of carbonyl (C=O) groups excluding carboxylic acids is 1. The van der Waals surface area contributed by atoms with Gasteiger partial charge in [-0.15, -0.1) is 0 Å². The van der Waals surface area contributed by atoms with E-state index in [0.29, 0.717) is 0 Å². The average Bonchev–Trinajstić information content (AvgIpc) is 2.84. The number of carboxylic acid groups (broad SMARTS) is 1. The van der Waals surface area contributed by atoms with Gasteiger partial charge in [0.05, 0.1) is 23.8 Å². The van der Waals surface area contributed by atoms with Gasteiger partial charge in [-0.3, -0.25) is 9.59 Å². The van der Waals surface area contributed by atoms with E-state index in [1.807, 2.05) is 0 Å². The number of rotatable bonds is 7. The Morgan fingerprint density at radius 3 is 2.42 bits per heavy atom. The van der Waals surface area contributed by atoms with Crippen molar-refractivity contribution in [3.63, 3.8) is 0 Å². The van der Waals surface area contributed by atoms with Gasteiger partial charge in [0, 0.05) is 18.2 Å². The van der Waals surface area contributed by atoms with E-state index in [-0.39, 0.29) is 34.2 Å². The number of aliphatic hydroxyl groups excluding tert-OH is 5. The van der Waals surface area contributed by atoms with Gasteiger partial charge in [-0.1, -0.05) is 0 Å². The zero-order chi connectivity index (χ0) is 27.7. The zero-order valence-corrected chi connectivity index (χ0v) is 19.4. The second-order valence-electron chi connectivity index (χ2n) is 8.56. The van der Waals surface area contributed by atoms with Crippen molar-refractivity contribution < 1.29 is 69.4 Å². The number of ether oxygens (including phenoxy) is 4. The van der Waals surface area contributed by atoms with Gasteiger partial charge in [0.25, 0.3) is 0 Å². The van der Waals surface area contributed by atoms with Crippen molar-refractivity contribution in [2.45, 2.75) is 43.2 Å². The topological polar surface area (TPSA) is 236 Å². The number of hydrogen-bond donors (Lipinski definition) is 8. The Kier molecular flexibility index (Phi) is 7.50. The Hall–Kier alpha value is -4.24. The summed E-state index contributed by atoms with van der Waals surface area (Å²) in [7, 11) is 0. The Bertz CT molecular complexity index is 1240. The average molecular weight is 537 g/mol. The van der Waals surface area contributed by atoms with E-state index in [1.165, 1.54) is 24.3 Å². The van der Waals surface area contributed by atoms with Gasteiger partial charge in [0.15, 0.2) is 23.7 Å². The van der Waals surface area contributed by atoms with Gasteiger partial charge in [0.1, 0.15) is 30.1 Å². The molecule has 1 aliphatic carbocycles. The van der Waals surface area contributed by atoms with Crippen LogP contribution >= 0.6 is 0 Å². The SMILES string of the molecule is O=C(O)CC(=O)OC1C(O)C(CO)OC(OC2=C(c3ccc(O)c(O)c3)[OH+]C3C=C(O)C=C(O)C3=C2)C1O. The summed E-state index contributed by atoms with van der Waals surface area (Å²) in [6, 6.07) is 3.72. The van der Waals surface area contributed by atoms with Gasteiger partial charge in [0.2, 0.25) is 18.2 Å². The fourth-order valence-corrected chi connectivity index (χ4v) is 4.06. The van der Waals surface area contributed by atoms with Crippen molar-refractivity contribution in [1.29, 1.82) is 0 Å². The molecule has 1 aromatic rings. The van der Waals surface area contributed by atoms with Gasteiger partial charge >= 0.3 is 17.7 Å². The van der Waals surface area contributed by atoms with E-state index in [0.717, 1.165) is 12.1 Å². The summed E-state index contributed by atoms with van der Waals surface area (Å²) in [5, 5.41) is 79.6. The first-order valence-corrected chi connectivity index (χ1v) is 11.2. The van der Waals surface area contributed by atoms with Crippen LogP contribution in [0.2, 0.25) is 0 Å².